The first kappa shape index (κ1) is 19.7. The maximum Gasteiger partial charge on any atom is 0.142 e. The number of anilines is 1. The van der Waals surface area contributed by atoms with Crippen molar-refractivity contribution in [3.8, 4) is 28.8 Å². The molecule has 0 atom stereocenters. The van der Waals surface area contributed by atoms with Crippen molar-refractivity contribution in [3.63, 3.8) is 0 Å². The zero-order valence-electron chi connectivity index (χ0n) is 15.4. The second kappa shape index (κ2) is 9.27. The van der Waals surface area contributed by atoms with E-state index in [1.807, 2.05) is 36.6 Å². The summed E-state index contributed by atoms with van der Waals surface area (Å²) in [6, 6.07) is 15.1. The van der Waals surface area contributed by atoms with E-state index in [1.54, 1.807) is 31.5 Å². The maximum atomic E-state index is 9.55. The summed E-state index contributed by atoms with van der Waals surface area (Å²) in [7, 11) is 1.58. The Morgan fingerprint density at radius 3 is 2.75 bits per heavy atom. The fraction of sp³-hybridized carbons (Fsp3) is 0.143. The van der Waals surface area contributed by atoms with Crippen LogP contribution >= 0.6 is 22.9 Å². The number of hydrogen-bond acceptors (Lipinski definition) is 6. The molecule has 1 N–H and O–H groups in total. The average molecular weight is 412 g/mol. The second-order valence-electron chi connectivity index (χ2n) is 5.65. The molecule has 1 aromatic heterocycles. The standard InChI is InChI=1S/C21H18ClN3O2S/c1-3-27-17-7-4-14(5-8-17)19-13-28-21(25-19)15(11-23)12-24-18-10-16(22)6-9-20(18)26-2/h4-10,12-13,24H,3H2,1-2H3/b15-12-. The minimum absolute atomic E-state index is 0.421. The molecule has 3 rings (SSSR count). The highest BCUT2D eigenvalue weighted by Gasteiger charge is 2.10. The molecule has 2 aromatic carbocycles. The summed E-state index contributed by atoms with van der Waals surface area (Å²) >= 11 is 7.45. The van der Waals surface area contributed by atoms with Gasteiger partial charge in [0.2, 0.25) is 0 Å². The number of nitriles is 1. The lowest BCUT2D eigenvalue weighted by atomic mass is 10.2. The lowest BCUT2D eigenvalue weighted by Crippen LogP contribution is -1.95. The Balaban J connectivity index is 1.81. The van der Waals surface area contributed by atoms with Gasteiger partial charge in [-0.25, -0.2) is 4.98 Å². The molecule has 5 nitrogen and oxygen atoms in total. The number of thiazole rings is 1. The van der Waals surface area contributed by atoms with E-state index >= 15 is 0 Å². The Morgan fingerprint density at radius 2 is 2.07 bits per heavy atom. The number of hydrogen-bond donors (Lipinski definition) is 1. The highest BCUT2D eigenvalue weighted by atomic mass is 35.5. The third-order valence-corrected chi connectivity index (χ3v) is 4.96. The molecule has 142 valence electrons. The third-order valence-electron chi connectivity index (χ3n) is 3.85. The molecule has 0 bridgehead atoms. The molecule has 0 aliphatic heterocycles. The Morgan fingerprint density at radius 1 is 1.29 bits per heavy atom. The molecular weight excluding hydrogens is 394 g/mol. The van der Waals surface area contributed by atoms with Gasteiger partial charge in [-0.05, 0) is 49.4 Å². The SMILES string of the molecule is CCOc1ccc(-c2csc(/C(C#N)=C\Nc3cc(Cl)ccc3OC)n2)cc1. The van der Waals surface area contributed by atoms with E-state index in [1.165, 1.54) is 11.3 Å². The van der Waals surface area contributed by atoms with Crippen molar-refractivity contribution in [2.45, 2.75) is 6.92 Å². The number of halogens is 1. The van der Waals surface area contributed by atoms with Crippen molar-refractivity contribution in [1.82, 2.24) is 4.98 Å². The van der Waals surface area contributed by atoms with E-state index in [-0.39, 0.29) is 0 Å². The summed E-state index contributed by atoms with van der Waals surface area (Å²) in [5, 5.41) is 15.8. The van der Waals surface area contributed by atoms with E-state index in [0.29, 0.717) is 33.6 Å². The van der Waals surface area contributed by atoms with Gasteiger partial charge in [-0.1, -0.05) is 11.6 Å². The fourth-order valence-corrected chi connectivity index (χ4v) is 3.47. The molecule has 0 unspecified atom stereocenters. The molecule has 0 aliphatic rings. The molecule has 3 aromatic rings. The van der Waals surface area contributed by atoms with Gasteiger partial charge in [-0.3, -0.25) is 0 Å². The third kappa shape index (κ3) is 4.63. The zero-order valence-corrected chi connectivity index (χ0v) is 17.0. The largest absolute Gasteiger partial charge is 0.495 e. The van der Waals surface area contributed by atoms with Gasteiger partial charge in [0.05, 0.1) is 25.1 Å². The van der Waals surface area contributed by atoms with Crippen LogP contribution < -0.4 is 14.8 Å². The van der Waals surface area contributed by atoms with Crippen LogP contribution in [0.25, 0.3) is 16.8 Å². The fourth-order valence-electron chi connectivity index (χ4n) is 2.50. The highest BCUT2D eigenvalue weighted by Crippen LogP contribution is 2.30. The van der Waals surface area contributed by atoms with Gasteiger partial charge in [-0.2, -0.15) is 5.26 Å². The number of methoxy groups -OCH3 is 1. The smallest absolute Gasteiger partial charge is 0.142 e. The van der Waals surface area contributed by atoms with Crippen LogP contribution in [0.1, 0.15) is 11.9 Å². The summed E-state index contributed by atoms with van der Waals surface area (Å²) in [4.78, 5) is 4.59. The topological polar surface area (TPSA) is 67.2 Å². The highest BCUT2D eigenvalue weighted by molar-refractivity contribution is 7.11. The molecule has 28 heavy (non-hydrogen) atoms. The molecule has 0 saturated heterocycles. The van der Waals surface area contributed by atoms with Crippen LogP contribution in [0, 0.1) is 11.3 Å². The van der Waals surface area contributed by atoms with Crippen molar-refractivity contribution >= 4 is 34.2 Å². The van der Waals surface area contributed by atoms with E-state index < -0.39 is 0 Å². The maximum absolute atomic E-state index is 9.55. The number of allylic oxidation sites excluding steroid dienone is 1. The Hall–Kier alpha value is -3.01. The van der Waals surface area contributed by atoms with Gasteiger partial charge in [0.25, 0.3) is 0 Å². The van der Waals surface area contributed by atoms with Crippen molar-refractivity contribution in [2.75, 3.05) is 19.0 Å². The van der Waals surface area contributed by atoms with Crippen molar-refractivity contribution in [2.24, 2.45) is 0 Å². The van der Waals surface area contributed by atoms with E-state index in [9.17, 15) is 5.26 Å². The predicted molar refractivity (Wildman–Crippen MR) is 114 cm³/mol. The van der Waals surface area contributed by atoms with E-state index in [2.05, 4.69) is 16.4 Å². The minimum Gasteiger partial charge on any atom is -0.495 e. The van der Waals surface area contributed by atoms with Gasteiger partial charge >= 0.3 is 0 Å². The molecule has 0 amide bonds. The van der Waals surface area contributed by atoms with Crippen LogP contribution in [0.3, 0.4) is 0 Å². The molecule has 0 aliphatic carbocycles. The summed E-state index contributed by atoms with van der Waals surface area (Å²) in [5.41, 5.74) is 2.87. The molecular formula is C21H18ClN3O2S. The van der Waals surface area contributed by atoms with Gasteiger partial charge in [0, 0.05) is 22.2 Å². The van der Waals surface area contributed by atoms with Gasteiger partial charge in [0.1, 0.15) is 28.1 Å². The molecule has 7 heteroatoms. The molecule has 1 heterocycles. The van der Waals surface area contributed by atoms with E-state index in [0.717, 1.165) is 17.0 Å². The van der Waals surface area contributed by atoms with Gasteiger partial charge in [0.15, 0.2) is 0 Å². The quantitative estimate of drug-likeness (QED) is 0.494. The number of benzene rings is 2. The van der Waals surface area contributed by atoms with Crippen LogP contribution in [0.5, 0.6) is 11.5 Å². The van der Waals surface area contributed by atoms with Crippen LogP contribution in [0.4, 0.5) is 5.69 Å². The monoisotopic (exact) mass is 411 g/mol. The molecule has 0 radical (unpaired) electrons. The normalized spacial score (nSPS) is 11.0. The lowest BCUT2D eigenvalue weighted by Gasteiger charge is -2.08. The van der Waals surface area contributed by atoms with Gasteiger partial charge < -0.3 is 14.8 Å². The van der Waals surface area contributed by atoms with Crippen LogP contribution in [-0.4, -0.2) is 18.7 Å². The first-order chi connectivity index (χ1) is 13.6. The summed E-state index contributed by atoms with van der Waals surface area (Å²) in [6.07, 6.45) is 1.61. The van der Waals surface area contributed by atoms with Crippen LogP contribution in [0.15, 0.2) is 54.0 Å². The minimum atomic E-state index is 0.421. The van der Waals surface area contributed by atoms with E-state index in [4.69, 9.17) is 21.1 Å². The predicted octanol–water partition coefficient (Wildman–Crippen LogP) is 5.85. The van der Waals surface area contributed by atoms with Crippen LogP contribution in [0.2, 0.25) is 5.02 Å². The van der Waals surface area contributed by atoms with Crippen LogP contribution in [-0.2, 0) is 0 Å². The first-order valence-corrected chi connectivity index (χ1v) is 9.79. The number of aromatic nitrogens is 1. The Kier molecular flexibility index (Phi) is 6.53. The summed E-state index contributed by atoms with van der Waals surface area (Å²) < 4.78 is 10.8. The van der Waals surface area contributed by atoms with Crippen molar-refractivity contribution in [1.29, 1.82) is 5.26 Å². The van der Waals surface area contributed by atoms with Crippen molar-refractivity contribution in [3.05, 3.63) is 64.1 Å². The molecule has 0 spiro atoms. The van der Waals surface area contributed by atoms with Crippen molar-refractivity contribution < 1.29 is 9.47 Å². The lowest BCUT2D eigenvalue weighted by molar-refractivity contribution is 0.340. The summed E-state index contributed by atoms with van der Waals surface area (Å²) in [6.45, 7) is 2.57. The Bertz CT molecular complexity index is 1020. The average Bonchev–Trinajstić information content (AvgIpc) is 3.19. The molecule has 0 fully saturated rings. The molecule has 0 saturated carbocycles. The number of rotatable bonds is 7. The second-order valence-corrected chi connectivity index (χ2v) is 6.95. The zero-order chi connectivity index (χ0) is 19.9. The number of nitrogens with one attached hydrogen (secondary N) is 1. The first-order valence-electron chi connectivity index (χ1n) is 8.54. The number of nitrogens with zero attached hydrogens (tertiary/aromatic N) is 2. The summed E-state index contributed by atoms with van der Waals surface area (Å²) in [5.74, 6) is 1.45. The van der Waals surface area contributed by atoms with Gasteiger partial charge in [-0.15, -0.1) is 11.3 Å². The Labute approximate surface area is 172 Å². The number of ether oxygens (including phenoxy) is 2.